The second-order valence-electron chi connectivity index (χ2n) is 6.70. The second kappa shape index (κ2) is 7.80. The lowest BCUT2D eigenvalue weighted by Gasteiger charge is -2.07. The van der Waals surface area contributed by atoms with Crippen LogP contribution < -0.4 is 11.1 Å². The first kappa shape index (κ1) is 18.9. The number of nitriles is 1. The van der Waals surface area contributed by atoms with Crippen LogP contribution in [-0.4, -0.2) is 16.4 Å². The number of aromatic nitrogens is 1. The fourth-order valence-corrected chi connectivity index (χ4v) is 3.24. The molecule has 0 saturated carbocycles. The van der Waals surface area contributed by atoms with E-state index < -0.39 is 11.8 Å². The van der Waals surface area contributed by atoms with Gasteiger partial charge < -0.3 is 15.6 Å². The third kappa shape index (κ3) is 4.10. The molecule has 0 fully saturated rings. The van der Waals surface area contributed by atoms with Crippen LogP contribution >= 0.6 is 0 Å². The zero-order valence-corrected chi connectivity index (χ0v) is 15.7. The average Bonchev–Trinajstić information content (AvgIpc) is 2.95. The number of nitrogens with two attached hydrogens (primary N) is 1. The summed E-state index contributed by atoms with van der Waals surface area (Å²) >= 11 is 0. The number of primary amides is 1. The normalized spacial score (nSPS) is 11.2. The molecule has 3 aromatic rings. The average molecular weight is 372 g/mol. The lowest BCUT2D eigenvalue weighted by atomic mass is 10.1. The quantitative estimate of drug-likeness (QED) is 0.531. The second-order valence-corrected chi connectivity index (χ2v) is 6.70. The fourth-order valence-electron chi connectivity index (χ4n) is 3.24. The van der Waals surface area contributed by atoms with Gasteiger partial charge >= 0.3 is 0 Å². The summed E-state index contributed by atoms with van der Waals surface area (Å²) in [5.74, 6) is -0.955. The molecule has 3 rings (SSSR count). The van der Waals surface area contributed by atoms with Crippen LogP contribution in [0.2, 0.25) is 0 Å². The lowest BCUT2D eigenvalue weighted by molar-refractivity contribution is -0.118. The molecule has 140 valence electrons. The number of fused-ring (bicyclic) bond motifs is 1. The van der Waals surface area contributed by atoms with E-state index in [9.17, 15) is 14.9 Å². The molecule has 0 aliphatic rings. The Bertz CT molecular complexity index is 1130. The molecule has 6 nitrogen and oxygen atoms in total. The Morgan fingerprint density at radius 1 is 1.18 bits per heavy atom. The molecule has 0 spiro atoms. The van der Waals surface area contributed by atoms with Gasteiger partial charge in [0.25, 0.3) is 5.91 Å². The van der Waals surface area contributed by atoms with Crippen molar-refractivity contribution in [3.63, 3.8) is 0 Å². The van der Waals surface area contributed by atoms with Gasteiger partial charge in [0.1, 0.15) is 18.2 Å². The zero-order chi connectivity index (χ0) is 20.3. The highest BCUT2D eigenvalue weighted by Gasteiger charge is 2.13. The summed E-state index contributed by atoms with van der Waals surface area (Å²) in [6.45, 7) is 3.90. The van der Waals surface area contributed by atoms with E-state index in [4.69, 9.17) is 5.73 Å². The Balaban J connectivity index is 1.97. The number of anilines is 1. The van der Waals surface area contributed by atoms with Gasteiger partial charge in [0.2, 0.25) is 5.91 Å². The molecule has 0 aliphatic carbocycles. The van der Waals surface area contributed by atoms with E-state index in [0.717, 1.165) is 22.0 Å². The Kier molecular flexibility index (Phi) is 5.28. The van der Waals surface area contributed by atoms with E-state index in [-0.39, 0.29) is 12.1 Å². The number of aryl methyl sites for hydroxylation is 2. The molecule has 0 aliphatic heterocycles. The largest absolute Gasteiger partial charge is 0.368 e. The standard InChI is InChI=1S/C22H20N4O2/c1-14-7-15(2)9-18(8-14)25-22(28)16(11-23)10-17-12-26(13-21(24)27)20-6-4-3-5-19(17)20/h3-10,12H,13H2,1-2H3,(H2,24,27)(H,25,28)/b16-10+. The van der Waals surface area contributed by atoms with Gasteiger partial charge in [-0.15, -0.1) is 0 Å². The number of rotatable bonds is 5. The van der Waals surface area contributed by atoms with Crippen molar-refractivity contribution in [1.82, 2.24) is 4.57 Å². The van der Waals surface area contributed by atoms with Gasteiger partial charge in [-0.25, -0.2) is 0 Å². The Labute approximate surface area is 162 Å². The summed E-state index contributed by atoms with van der Waals surface area (Å²) < 4.78 is 1.71. The van der Waals surface area contributed by atoms with Crippen molar-refractivity contribution in [1.29, 1.82) is 5.26 Å². The molecule has 6 heteroatoms. The molecule has 2 amide bonds. The van der Waals surface area contributed by atoms with Crippen molar-refractivity contribution in [3.05, 3.63) is 70.9 Å². The van der Waals surface area contributed by atoms with Gasteiger partial charge in [0.15, 0.2) is 0 Å². The summed E-state index contributed by atoms with van der Waals surface area (Å²) in [5, 5.41) is 13.1. The minimum Gasteiger partial charge on any atom is -0.368 e. The molecule has 2 aromatic carbocycles. The topological polar surface area (TPSA) is 101 Å². The summed E-state index contributed by atoms with van der Waals surface area (Å²) in [6, 6.07) is 15.1. The van der Waals surface area contributed by atoms with Crippen molar-refractivity contribution in [2.45, 2.75) is 20.4 Å². The smallest absolute Gasteiger partial charge is 0.266 e. The third-order valence-corrected chi connectivity index (χ3v) is 4.29. The first-order valence-electron chi connectivity index (χ1n) is 8.75. The van der Waals surface area contributed by atoms with E-state index >= 15 is 0 Å². The van der Waals surface area contributed by atoms with Crippen molar-refractivity contribution < 1.29 is 9.59 Å². The van der Waals surface area contributed by atoms with Gasteiger partial charge in [-0.1, -0.05) is 24.3 Å². The third-order valence-electron chi connectivity index (χ3n) is 4.29. The summed E-state index contributed by atoms with van der Waals surface area (Å²) in [6.07, 6.45) is 3.24. The molecule has 28 heavy (non-hydrogen) atoms. The van der Waals surface area contributed by atoms with Crippen LogP contribution in [0.1, 0.15) is 16.7 Å². The van der Waals surface area contributed by atoms with Crippen LogP contribution in [0.15, 0.2) is 54.2 Å². The molecule has 3 N–H and O–H groups in total. The van der Waals surface area contributed by atoms with Crippen LogP contribution in [0.25, 0.3) is 17.0 Å². The zero-order valence-electron chi connectivity index (χ0n) is 15.7. The predicted molar refractivity (Wildman–Crippen MR) is 109 cm³/mol. The number of benzene rings is 2. The molecular formula is C22H20N4O2. The van der Waals surface area contributed by atoms with E-state index in [1.54, 1.807) is 10.8 Å². The molecule has 1 heterocycles. The van der Waals surface area contributed by atoms with Crippen LogP contribution in [0, 0.1) is 25.2 Å². The minimum atomic E-state index is -0.487. The maximum absolute atomic E-state index is 12.6. The number of para-hydroxylation sites is 1. The van der Waals surface area contributed by atoms with Gasteiger partial charge in [0.05, 0.1) is 0 Å². The summed E-state index contributed by atoms with van der Waals surface area (Å²) in [7, 11) is 0. The fraction of sp³-hybridized carbons (Fsp3) is 0.136. The first-order chi connectivity index (χ1) is 13.4. The maximum Gasteiger partial charge on any atom is 0.266 e. The number of carbonyl (C=O) groups is 2. The van der Waals surface area contributed by atoms with E-state index in [1.807, 2.05) is 62.4 Å². The Hall–Kier alpha value is -3.85. The van der Waals surface area contributed by atoms with Crippen LogP contribution in [0.4, 0.5) is 5.69 Å². The van der Waals surface area contributed by atoms with Crippen molar-refractivity contribution in [2.24, 2.45) is 5.73 Å². The first-order valence-corrected chi connectivity index (χ1v) is 8.75. The van der Waals surface area contributed by atoms with Crippen LogP contribution in [-0.2, 0) is 16.1 Å². The summed E-state index contributed by atoms with van der Waals surface area (Å²) in [4.78, 5) is 23.9. The van der Waals surface area contributed by atoms with E-state index in [1.165, 1.54) is 6.08 Å². The monoisotopic (exact) mass is 372 g/mol. The number of hydrogen-bond acceptors (Lipinski definition) is 3. The number of carbonyl (C=O) groups excluding carboxylic acids is 2. The van der Waals surface area contributed by atoms with Crippen molar-refractivity contribution in [3.8, 4) is 6.07 Å². The van der Waals surface area contributed by atoms with E-state index in [0.29, 0.717) is 11.3 Å². The molecule has 0 atom stereocenters. The lowest BCUT2D eigenvalue weighted by Crippen LogP contribution is -2.17. The number of nitrogens with zero attached hydrogens (tertiary/aromatic N) is 2. The number of nitrogens with one attached hydrogen (secondary N) is 1. The number of hydrogen-bond donors (Lipinski definition) is 2. The van der Waals surface area contributed by atoms with Gasteiger partial charge in [-0.05, 0) is 49.2 Å². The van der Waals surface area contributed by atoms with Gasteiger partial charge in [-0.2, -0.15) is 5.26 Å². The Morgan fingerprint density at radius 3 is 2.50 bits per heavy atom. The van der Waals surface area contributed by atoms with Crippen molar-refractivity contribution in [2.75, 3.05) is 5.32 Å². The highest BCUT2D eigenvalue weighted by molar-refractivity contribution is 6.10. The van der Waals surface area contributed by atoms with E-state index in [2.05, 4.69) is 5.32 Å². The van der Waals surface area contributed by atoms with Gasteiger partial charge in [0, 0.05) is 28.4 Å². The number of amides is 2. The van der Waals surface area contributed by atoms with Crippen LogP contribution in [0.3, 0.4) is 0 Å². The highest BCUT2D eigenvalue weighted by atomic mass is 16.2. The van der Waals surface area contributed by atoms with Gasteiger partial charge in [-0.3, -0.25) is 9.59 Å². The predicted octanol–water partition coefficient (Wildman–Crippen LogP) is 3.29. The highest BCUT2D eigenvalue weighted by Crippen LogP contribution is 2.24. The molecule has 0 radical (unpaired) electrons. The molecular weight excluding hydrogens is 352 g/mol. The maximum atomic E-state index is 12.6. The van der Waals surface area contributed by atoms with Crippen molar-refractivity contribution >= 4 is 34.5 Å². The molecule has 1 aromatic heterocycles. The van der Waals surface area contributed by atoms with Crippen LogP contribution in [0.5, 0.6) is 0 Å². The minimum absolute atomic E-state index is 0.0189. The molecule has 0 unspecified atom stereocenters. The SMILES string of the molecule is Cc1cc(C)cc(NC(=O)/C(C#N)=C/c2cn(CC(N)=O)c3ccccc23)c1. The Morgan fingerprint density at radius 2 is 1.86 bits per heavy atom. The molecule has 0 bridgehead atoms. The summed E-state index contributed by atoms with van der Waals surface area (Å²) in [5.41, 5.74) is 9.45. The molecule has 0 saturated heterocycles.